The van der Waals surface area contributed by atoms with Gasteiger partial charge in [0.15, 0.2) is 0 Å². The van der Waals surface area contributed by atoms with E-state index in [0.29, 0.717) is 5.25 Å². The number of likely N-dealkylation sites (N-methyl/N-ethyl adjacent to an activating group) is 1. The number of halogens is 1. The molecule has 0 bridgehead atoms. The zero-order chi connectivity index (χ0) is 24.5. The summed E-state index contributed by atoms with van der Waals surface area (Å²) < 4.78 is 0. The van der Waals surface area contributed by atoms with Gasteiger partial charge in [-0.1, -0.05) is 47.5 Å². The molecule has 0 spiro atoms. The van der Waals surface area contributed by atoms with Gasteiger partial charge in [0.05, 0.1) is 4.91 Å². The number of amides is 2. The summed E-state index contributed by atoms with van der Waals surface area (Å²) in [6.07, 6.45) is 4.62. The Hall–Kier alpha value is -2.44. The summed E-state index contributed by atoms with van der Waals surface area (Å²) in [5, 5.41) is 1.08. The average molecular weight is 510 g/mol. The van der Waals surface area contributed by atoms with Crippen LogP contribution < -0.4 is 4.90 Å². The number of anilines is 1. The smallest absolute Gasteiger partial charge is 0.260 e. The summed E-state index contributed by atoms with van der Waals surface area (Å²) in [5.74, 6) is 0.314. The summed E-state index contributed by atoms with van der Waals surface area (Å²) in [6.45, 7) is 5.14. The van der Waals surface area contributed by atoms with Crippen LogP contribution in [0.2, 0.25) is 5.02 Å². The molecule has 2 amide bonds. The van der Waals surface area contributed by atoms with Gasteiger partial charge < -0.3 is 14.7 Å². The van der Waals surface area contributed by atoms with Crippen molar-refractivity contribution in [2.24, 2.45) is 5.92 Å². The summed E-state index contributed by atoms with van der Waals surface area (Å²) in [6, 6.07) is 16.2. The number of fused-ring (bicyclic) bond motifs is 1. The van der Waals surface area contributed by atoms with E-state index in [1.807, 2.05) is 53.3 Å². The van der Waals surface area contributed by atoms with Gasteiger partial charge in [0.25, 0.3) is 5.91 Å². The maximum Gasteiger partial charge on any atom is 0.260 e. The third kappa shape index (κ3) is 5.24. The Labute approximate surface area is 217 Å². The van der Waals surface area contributed by atoms with Crippen molar-refractivity contribution in [1.29, 1.82) is 0 Å². The maximum absolute atomic E-state index is 13.4. The van der Waals surface area contributed by atoms with Crippen LogP contribution in [0.1, 0.15) is 30.4 Å². The minimum atomic E-state index is -0.00729. The van der Waals surface area contributed by atoms with Gasteiger partial charge >= 0.3 is 0 Å². The molecule has 3 atom stereocenters. The summed E-state index contributed by atoms with van der Waals surface area (Å²) in [5.41, 5.74) is 3.36. The number of carbonyl (C=O) groups excluding carboxylic acids is 2. The molecule has 0 radical (unpaired) electrons. The lowest BCUT2D eigenvalue weighted by atomic mass is 9.83. The first kappa shape index (κ1) is 24.3. The fourth-order valence-electron chi connectivity index (χ4n) is 5.55. The van der Waals surface area contributed by atoms with Crippen LogP contribution in [-0.2, 0) is 9.59 Å². The van der Waals surface area contributed by atoms with Crippen molar-refractivity contribution in [3.8, 4) is 0 Å². The van der Waals surface area contributed by atoms with Gasteiger partial charge in [0.1, 0.15) is 0 Å². The van der Waals surface area contributed by atoms with Crippen LogP contribution in [0.5, 0.6) is 0 Å². The van der Waals surface area contributed by atoms with Crippen molar-refractivity contribution in [3.05, 3.63) is 69.6 Å². The lowest BCUT2D eigenvalue weighted by Crippen LogP contribution is -2.55. The number of benzene rings is 2. The van der Waals surface area contributed by atoms with Crippen molar-refractivity contribution in [2.45, 2.75) is 37.5 Å². The van der Waals surface area contributed by atoms with Gasteiger partial charge in [-0.2, -0.15) is 0 Å². The highest BCUT2D eigenvalue weighted by atomic mass is 35.5. The van der Waals surface area contributed by atoms with E-state index in [0.717, 1.165) is 66.6 Å². The van der Waals surface area contributed by atoms with E-state index >= 15 is 0 Å². The van der Waals surface area contributed by atoms with Crippen molar-refractivity contribution in [3.63, 3.8) is 0 Å². The van der Waals surface area contributed by atoms with Crippen molar-refractivity contribution < 1.29 is 9.59 Å². The molecule has 2 aliphatic heterocycles. The van der Waals surface area contributed by atoms with E-state index in [4.69, 9.17) is 11.6 Å². The molecule has 0 aromatic heterocycles. The number of aryl methyl sites for hydroxylation is 1. The van der Waals surface area contributed by atoms with Gasteiger partial charge in [-0.3, -0.25) is 9.59 Å². The van der Waals surface area contributed by atoms with E-state index in [1.54, 1.807) is 11.8 Å². The minimum Gasteiger partial charge on any atom is -0.368 e. The van der Waals surface area contributed by atoms with E-state index in [9.17, 15) is 9.59 Å². The average Bonchev–Trinajstić information content (AvgIpc) is 2.87. The molecule has 1 saturated carbocycles. The third-order valence-corrected chi connectivity index (χ3v) is 9.15. The van der Waals surface area contributed by atoms with Crippen LogP contribution in [-0.4, -0.2) is 66.1 Å². The first-order valence-corrected chi connectivity index (χ1v) is 13.7. The van der Waals surface area contributed by atoms with Gasteiger partial charge in [-0.15, -0.1) is 11.8 Å². The highest BCUT2D eigenvalue weighted by molar-refractivity contribution is 8.04. The maximum atomic E-state index is 13.4. The third-order valence-electron chi connectivity index (χ3n) is 7.52. The standard InChI is InChI=1S/C28H32ClN3O2S/c1-19-5-3-6-20(15-19)16-26-28(34)30(2)24-17-21(9-10-25(24)35-26)27(33)32-13-11-31(12-14-32)23-8-4-7-22(29)18-23/h3-8,15-16,18,21,24-25H,9-14,17H2,1-2H3/b26-16-. The van der Waals surface area contributed by atoms with E-state index in [-0.39, 0.29) is 23.8 Å². The Morgan fingerprint density at radius 1 is 1.06 bits per heavy atom. The van der Waals surface area contributed by atoms with Crippen molar-refractivity contribution >= 4 is 46.9 Å². The fraction of sp³-hybridized carbons (Fsp3) is 0.429. The Bertz CT molecular complexity index is 1140. The quantitative estimate of drug-likeness (QED) is 0.541. The highest BCUT2D eigenvalue weighted by Crippen LogP contribution is 2.43. The first-order valence-electron chi connectivity index (χ1n) is 12.4. The molecular formula is C28H32ClN3O2S. The second-order valence-electron chi connectivity index (χ2n) is 9.86. The number of hydrogen-bond acceptors (Lipinski definition) is 4. The zero-order valence-electron chi connectivity index (χ0n) is 20.3. The van der Waals surface area contributed by atoms with Crippen LogP contribution in [0.3, 0.4) is 0 Å². The molecule has 5 nitrogen and oxygen atoms in total. The van der Waals surface area contributed by atoms with E-state index in [2.05, 4.69) is 30.0 Å². The molecule has 2 aromatic carbocycles. The minimum absolute atomic E-state index is 0.00729. The predicted molar refractivity (Wildman–Crippen MR) is 145 cm³/mol. The molecule has 3 aliphatic rings. The lowest BCUT2D eigenvalue weighted by molar-refractivity contribution is -0.139. The van der Waals surface area contributed by atoms with Crippen LogP contribution in [0.25, 0.3) is 6.08 Å². The molecule has 1 aliphatic carbocycles. The Balaban J connectivity index is 1.20. The molecule has 2 heterocycles. The number of carbonyl (C=O) groups is 2. The molecule has 5 rings (SSSR count). The monoisotopic (exact) mass is 509 g/mol. The largest absolute Gasteiger partial charge is 0.368 e. The topological polar surface area (TPSA) is 43.9 Å². The number of piperazine rings is 1. The number of hydrogen-bond donors (Lipinski definition) is 0. The van der Waals surface area contributed by atoms with Crippen LogP contribution in [0.4, 0.5) is 5.69 Å². The molecule has 7 heteroatoms. The summed E-state index contributed by atoms with van der Waals surface area (Å²) in [7, 11) is 1.90. The Kier molecular flexibility index (Phi) is 7.12. The predicted octanol–water partition coefficient (Wildman–Crippen LogP) is 5.08. The fourth-order valence-corrected chi connectivity index (χ4v) is 7.21. The zero-order valence-corrected chi connectivity index (χ0v) is 21.9. The number of thioether (sulfide) groups is 1. The van der Waals surface area contributed by atoms with Crippen LogP contribution in [0, 0.1) is 12.8 Å². The number of rotatable bonds is 3. The van der Waals surface area contributed by atoms with E-state index < -0.39 is 0 Å². The molecule has 3 unspecified atom stereocenters. The normalized spacial score (nSPS) is 26.1. The van der Waals surface area contributed by atoms with E-state index in [1.165, 1.54) is 5.56 Å². The lowest BCUT2D eigenvalue weighted by Gasteiger charge is -2.45. The second kappa shape index (κ2) is 10.3. The molecule has 2 saturated heterocycles. The summed E-state index contributed by atoms with van der Waals surface area (Å²) >= 11 is 7.86. The van der Waals surface area contributed by atoms with Gasteiger partial charge in [0.2, 0.25) is 5.91 Å². The molecule has 3 fully saturated rings. The van der Waals surface area contributed by atoms with Crippen LogP contribution in [0.15, 0.2) is 53.4 Å². The first-order chi connectivity index (χ1) is 16.9. The van der Waals surface area contributed by atoms with Gasteiger partial charge in [0, 0.05) is 61.1 Å². The van der Waals surface area contributed by atoms with Gasteiger partial charge in [-0.25, -0.2) is 0 Å². The van der Waals surface area contributed by atoms with Crippen molar-refractivity contribution in [2.75, 3.05) is 38.1 Å². The second-order valence-corrected chi connectivity index (χ2v) is 11.6. The molecule has 35 heavy (non-hydrogen) atoms. The Morgan fingerprint density at radius 3 is 2.57 bits per heavy atom. The molecule has 2 aromatic rings. The molecule has 184 valence electrons. The molecular weight excluding hydrogens is 478 g/mol. The highest BCUT2D eigenvalue weighted by Gasteiger charge is 2.43. The SMILES string of the molecule is Cc1cccc(/C=C2\SC3CCC(C(=O)N4CCN(c5cccc(Cl)c5)CC4)CC3N(C)C2=O)c1. The number of nitrogens with zero attached hydrogens (tertiary/aromatic N) is 3. The van der Waals surface area contributed by atoms with Gasteiger partial charge in [-0.05, 0) is 56.0 Å². The van der Waals surface area contributed by atoms with Crippen molar-refractivity contribution in [1.82, 2.24) is 9.80 Å². The Morgan fingerprint density at radius 2 is 1.83 bits per heavy atom. The molecule has 0 N–H and O–H groups in total. The van der Waals surface area contributed by atoms with Crippen LogP contribution >= 0.6 is 23.4 Å². The summed E-state index contributed by atoms with van der Waals surface area (Å²) in [4.78, 5) is 33.6.